The van der Waals surface area contributed by atoms with Crippen LogP contribution in [0.4, 0.5) is 13.2 Å². The first-order chi connectivity index (χ1) is 15.5. The van der Waals surface area contributed by atoms with Gasteiger partial charge in [-0.05, 0) is 79.7 Å². The average Bonchev–Trinajstić information content (AvgIpc) is 2.80. The fraction of sp³-hybridized carbons (Fsp3) is 0.429. The number of halogens is 3. The Labute approximate surface area is 190 Å². The van der Waals surface area contributed by atoms with Gasteiger partial charge in [0, 0.05) is 5.56 Å². The maximum Gasteiger partial charge on any atom is 0.166 e. The quantitative estimate of drug-likeness (QED) is 0.337. The highest BCUT2D eigenvalue weighted by molar-refractivity contribution is 5.67. The molecule has 2 aromatic rings. The fourth-order valence-corrected chi connectivity index (χ4v) is 4.07. The molecule has 0 N–H and O–H groups in total. The van der Waals surface area contributed by atoms with Gasteiger partial charge in [0.2, 0.25) is 0 Å². The van der Waals surface area contributed by atoms with Crippen LogP contribution in [-0.2, 0) is 12.8 Å². The second-order valence-corrected chi connectivity index (χ2v) is 8.50. The number of ether oxygens (including phenoxy) is 1. The summed E-state index contributed by atoms with van der Waals surface area (Å²) in [6.07, 6.45) is 12.8. The molecular weight excluding hydrogens is 409 g/mol. The van der Waals surface area contributed by atoms with Crippen molar-refractivity contribution in [2.75, 3.05) is 6.61 Å². The zero-order valence-electron chi connectivity index (χ0n) is 19.1. The molecule has 0 saturated carbocycles. The minimum atomic E-state index is -0.756. The molecule has 3 rings (SSSR count). The molecule has 0 heterocycles. The van der Waals surface area contributed by atoms with Gasteiger partial charge in [0.25, 0.3) is 0 Å². The van der Waals surface area contributed by atoms with Crippen molar-refractivity contribution in [3.63, 3.8) is 0 Å². The number of aryl methyl sites for hydroxylation is 2. The third-order valence-corrected chi connectivity index (χ3v) is 6.10. The summed E-state index contributed by atoms with van der Waals surface area (Å²) >= 11 is 0. The molecule has 0 aliphatic heterocycles. The van der Waals surface area contributed by atoms with Gasteiger partial charge in [-0.3, -0.25) is 0 Å². The topological polar surface area (TPSA) is 9.23 Å². The minimum absolute atomic E-state index is 0.226. The summed E-state index contributed by atoms with van der Waals surface area (Å²) < 4.78 is 48.7. The lowest BCUT2D eigenvalue weighted by molar-refractivity contribution is 0.231. The summed E-state index contributed by atoms with van der Waals surface area (Å²) in [6.45, 7) is 4.36. The van der Waals surface area contributed by atoms with E-state index < -0.39 is 11.6 Å². The van der Waals surface area contributed by atoms with Crippen LogP contribution >= 0.6 is 0 Å². The standard InChI is InChI=1S/C28H33F3O/c1-3-5-6-7-8-9-20-12-17-26(25(29)18-20)32-19-21-10-13-23(14-11-21)24-16-15-22(4-2)27(30)28(24)31/h6-7,12-13,15-18,21H,3-5,8-11,14,19H2,1-2H3. The Morgan fingerprint density at radius 1 is 1.00 bits per heavy atom. The van der Waals surface area contributed by atoms with Crippen molar-refractivity contribution < 1.29 is 17.9 Å². The van der Waals surface area contributed by atoms with Crippen molar-refractivity contribution in [1.82, 2.24) is 0 Å². The van der Waals surface area contributed by atoms with Gasteiger partial charge in [0.15, 0.2) is 23.2 Å². The van der Waals surface area contributed by atoms with Crippen molar-refractivity contribution in [1.29, 1.82) is 0 Å². The van der Waals surface area contributed by atoms with Crippen molar-refractivity contribution in [2.24, 2.45) is 5.92 Å². The third kappa shape index (κ3) is 6.27. The molecule has 2 aromatic carbocycles. The van der Waals surface area contributed by atoms with E-state index in [1.807, 2.05) is 19.1 Å². The summed E-state index contributed by atoms with van der Waals surface area (Å²) in [5, 5.41) is 0. The Morgan fingerprint density at radius 2 is 1.81 bits per heavy atom. The fourth-order valence-electron chi connectivity index (χ4n) is 4.07. The lowest BCUT2D eigenvalue weighted by Gasteiger charge is -2.23. The van der Waals surface area contributed by atoms with E-state index in [9.17, 15) is 13.2 Å². The first-order valence-corrected chi connectivity index (χ1v) is 11.8. The molecule has 0 fully saturated rings. The van der Waals surface area contributed by atoms with E-state index in [0.717, 1.165) is 43.2 Å². The Balaban J connectivity index is 1.52. The SMILES string of the molecule is CCCC=CCCc1ccc(OCC2CC=C(c3ccc(CC)c(F)c3F)CC2)c(F)c1. The normalized spacial score (nSPS) is 16.4. The van der Waals surface area contributed by atoms with Crippen LogP contribution in [-0.4, -0.2) is 6.61 Å². The van der Waals surface area contributed by atoms with E-state index in [4.69, 9.17) is 4.74 Å². The number of rotatable bonds is 10. The lowest BCUT2D eigenvalue weighted by atomic mass is 9.86. The summed E-state index contributed by atoms with van der Waals surface area (Å²) in [7, 11) is 0. The van der Waals surface area contributed by atoms with E-state index in [0.29, 0.717) is 37.0 Å². The van der Waals surface area contributed by atoms with Gasteiger partial charge in [-0.1, -0.05) is 56.7 Å². The molecule has 0 aromatic heterocycles. The van der Waals surface area contributed by atoms with Crippen LogP contribution in [0, 0.1) is 23.4 Å². The van der Waals surface area contributed by atoms with Crippen LogP contribution < -0.4 is 4.74 Å². The van der Waals surface area contributed by atoms with Gasteiger partial charge >= 0.3 is 0 Å². The van der Waals surface area contributed by atoms with Crippen molar-refractivity contribution in [3.05, 3.63) is 82.7 Å². The monoisotopic (exact) mass is 442 g/mol. The Kier molecular flexibility index (Phi) is 9.01. The molecule has 172 valence electrons. The predicted molar refractivity (Wildman–Crippen MR) is 125 cm³/mol. The summed E-state index contributed by atoms with van der Waals surface area (Å²) in [5.74, 6) is -1.33. The number of hydrogen-bond donors (Lipinski definition) is 0. The van der Waals surface area contributed by atoms with Crippen LogP contribution in [0.5, 0.6) is 5.75 Å². The highest BCUT2D eigenvalue weighted by Gasteiger charge is 2.21. The van der Waals surface area contributed by atoms with E-state index in [1.54, 1.807) is 24.3 Å². The zero-order chi connectivity index (χ0) is 22.9. The number of benzene rings is 2. The number of hydrogen-bond acceptors (Lipinski definition) is 1. The Bertz CT molecular complexity index is 961. The minimum Gasteiger partial charge on any atom is -0.490 e. The second-order valence-electron chi connectivity index (χ2n) is 8.50. The van der Waals surface area contributed by atoms with Crippen LogP contribution in [0.25, 0.3) is 5.57 Å². The Morgan fingerprint density at radius 3 is 2.50 bits per heavy atom. The van der Waals surface area contributed by atoms with E-state index in [1.165, 1.54) is 0 Å². The maximum atomic E-state index is 14.4. The number of unbranched alkanes of at least 4 members (excludes halogenated alkanes) is 1. The summed E-state index contributed by atoms with van der Waals surface area (Å²) in [4.78, 5) is 0. The van der Waals surface area contributed by atoms with Gasteiger partial charge in [0.05, 0.1) is 6.61 Å². The van der Waals surface area contributed by atoms with Crippen molar-refractivity contribution >= 4 is 5.57 Å². The molecule has 4 heteroatoms. The van der Waals surface area contributed by atoms with Crippen LogP contribution in [0.15, 0.2) is 48.6 Å². The molecule has 0 amide bonds. The first-order valence-electron chi connectivity index (χ1n) is 11.8. The average molecular weight is 443 g/mol. The van der Waals surface area contributed by atoms with Crippen LogP contribution in [0.2, 0.25) is 0 Å². The zero-order valence-corrected chi connectivity index (χ0v) is 19.1. The van der Waals surface area contributed by atoms with Crippen LogP contribution in [0.1, 0.15) is 69.1 Å². The highest BCUT2D eigenvalue weighted by atomic mass is 19.2. The molecule has 1 nitrogen and oxygen atoms in total. The molecule has 1 atom stereocenters. The molecule has 0 saturated heterocycles. The lowest BCUT2D eigenvalue weighted by Crippen LogP contribution is -2.15. The van der Waals surface area contributed by atoms with Crippen molar-refractivity contribution in [3.8, 4) is 5.75 Å². The summed E-state index contributed by atoms with van der Waals surface area (Å²) in [6, 6.07) is 8.52. The largest absolute Gasteiger partial charge is 0.490 e. The van der Waals surface area contributed by atoms with E-state index in [-0.39, 0.29) is 17.5 Å². The van der Waals surface area contributed by atoms with Gasteiger partial charge < -0.3 is 4.74 Å². The smallest absolute Gasteiger partial charge is 0.166 e. The molecule has 32 heavy (non-hydrogen) atoms. The molecular formula is C28H33F3O. The van der Waals surface area contributed by atoms with Gasteiger partial charge in [-0.15, -0.1) is 0 Å². The third-order valence-electron chi connectivity index (χ3n) is 6.10. The molecule has 1 aliphatic rings. The molecule has 1 unspecified atom stereocenters. The van der Waals surface area contributed by atoms with Crippen molar-refractivity contribution in [2.45, 2.75) is 65.2 Å². The highest BCUT2D eigenvalue weighted by Crippen LogP contribution is 2.33. The molecule has 0 radical (unpaired) electrons. The molecule has 0 bridgehead atoms. The molecule has 0 spiro atoms. The van der Waals surface area contributed by atoms with Crippen LogP contribution in [0.3, 0.4) is 0 Å². The van der Waals surface area contributed by atoms with Gasteiger partial charge in [-0.25, -0.2) is 13.2 Å². The van der Waals surface area contributed by atoms with Gasteiger partial charge in [0.1, 0.15) is 0 Å². The van der Waals surface area contributed by atoms with Gasteiger partial charge in [-0.2, -0.15) is 0 Å². The maximum absolute atomic E-state index is 14.4. The molecule has 1 aliphatic carbocycles. The van der Waals surface area contributed by atoms with E-state index in [2.05, 4.69) is 19.1 Å². The second kappa shape index (κ2) is 11.9. The summed E-state index contributed by atoms with van der Waals surface area (Å²) in [5.41, 5.74) is 2.55. The predicted octanol–water partition coefficient (Wildman–Crippen LogP) is 8.22. The number of allylic oxidation sites excluding steroid dienone is 4. The first kappa shape index (κ1) is 24.2. The Hall–Kier alpha value is -2.49. The van der Waals surface area contributed by atoms with E-state index >= 15 is 0 Å².